The molecule has 1 rings (SSSR count). The van der Waals surface area contributed by atoms with Gasteiger partial charge in [0.15, 0.2) is 12.1 Å². The number of hydrogen-bond donors (Lipinski definition) is 0. The van der Waals surface area contributed by atoms with Crippen molar-refractivity contribution < 1.29 is 19.0 Å². The van der Waals surface area contributed by atoms with Gasteiger partial charge in [0.25, 0.3) is 0 Å². The number of carbonyl (C=O) groups excluding carboxylic acids is 1. The van der Waals surface area contributed by atoms with Crippen molar-refractivity contribution in [3.8, 4) is 0 Å². The van der Waals surface area contributed by atoms with Crippen molar-refractivity contribution in [2.24, 2.45) is 11.8 Å². The molecule has 76 valence electrons. The van der Waals surface area contributed by atoms with Gasteiger partial charge < -0.3 is 19.0 Å². The second kappa shape index (κ2) is 3.74. The minimum Gasteiger partial charge on any atom is -0.355 e. The number of carbonyl (C=O) groups is 1. The van der Waals surface area contributed by atoms with Crippen LogP contribution < -0.4 is 0 Å². The first kappa shape index (κ1) is 10.6. The Bertz CT molecular complexity index is 194. The molecule has 4 unspecified atom stereocenters. The average Bonchev–Trinajstić information content (AvgIpc) is 2.39. The van der Waals surface area contributed by atoms with Gasteiger partial charge in [0.05, 0.1) is 5.92 Å². The van der Waals surface area contributed by atoms with Crippen LogP contribution in [0.2, 0.25) is 0 Å². The van der Waals surface area contributed by atoms with Crippen LogP contribution in [0, 0.1) is 11.8 Å². The molecule has 1 heterocycles. The quantitative estimate of drug-likeness (QED) is 0.614. The van der Waals surface area contributed by atoms with Crippen LogP contribution in [0.1, 0.15) is 13.8 Å². The molecule has 0 saturated carbocycles. The molecule has 1 saturated heterocycles. The Morgan fingerprint density at radius 2 is 2.08 bits per heavy atom. The van der Waals surface area contributed by atoms with Crippen molar-refractivity contribution in [1.29, 1.82) is 0 Å². The van der Waals surface area contributed by atoms with Crippen molar-refractivity contribution in [2.75, 3.05) is 14.2 Å². The van der Waals surface area contributed by atoms with E-state index < -0.39 is 5.79 Å². The van der Waals surface area contributed by atoms with E-state index in [9.17, 15) is 4.79 Å². The summed E-state index contributed by atoms with van der Waals surface area (Å²) < 4.78 is 15.8. The number of rotatable bonds is 3. The lowest BCUT2D eigenvalue weighted by Gasteiger charge is -2.25. The molecule has 0 aliphatic carbocycles. The molecular weight excluding hydrogens is 172 g/mol. The van der Waals surface area contributed by atoms with Crippen LogP contribution in [-0.4, -0.2) is 32.6 Å². The maximum Gasteiger partial charge on any atom is 0.178 e. The van der Waals surface area contributed by atoms with E-state index >= 15 is 0 Å². The summed E-state index contributed by atoms with van der Waals surface area (Å²) in [6.45, 7) is 3.67. The highest BCUT2D eigenvalue weighted by Gasteiger charge is 2.51. The molecule has 0 aromatic heterocycles. The van der Waals surface area contributed by atoms with Gasteiger partial charge in [0, 0.05) is 20.1 Å². The van der Waals surface area contributed by atoms with Gasteiger partial charge in [0.2, 0.25) is 0 Å². The van der Waals surface area contributed by atoms with Crippen LogP contribution in [0.25, 0.3) is 0 Å². The van der Waals surface area contributed by atoms with Crippen molar-refractivity contribution in [2.45, 2.75) is 25.9 Å². The van der Waals surface area contributed by atoms with Gasteiger partial charge in [-0.2, -0.15) is 0 Å². The molecule has 4 nitrogen and oxygen atoms in total. The topological polar surface area (TPSA) is 44.8 Å². The monoisotopic (exact) mass is 188 g/mol. The normalized spacial score (nSPS) is 45.1. The zero-order valence-corrected chi connectivity index (χ0v) is 8.44. The van der Waals surface area contributed by atoms with Crippen molar-refractivity contribution in [3.63, 3.8) is 0 Å². The highest BCUT2D eigenvalue weighted by atomic mass is 16.8. The van der Waals surface area contributed by atoms with Crippen LogP contribution in [0.3, 0.4) is 0 Å². The van der Waals surface area contributed by atoms with E-state index in [4.69, 9.17) is 14.2 Å². The van der Waals surface area contributed by atoms with Crippen LogP contribution in [0.15, 0.2) is 0 Å². The lowest BCUT2D eigenvalue weighted by Crippen LogP contribution is -2.36. The van der Waals surface area contributed by atoms with E-state index in [-0.39, 0.29) is 18.1 Å². The molecule has 1 aliphatic rings. The van der Waals surface area contributed by atoms with E-state index in [0.717, 1.165) is 6.29 Å². The lowest BCUT2D eigenvalue weighted by molar-refractivity contribution is -0.255. The van der Waals surface area contributed by atoms with Crippen LogP contribution >= 0.6 is 0 Å². The minimum absolute atomic E-state index is 0.0208. The van der Waals surface area contributed by atoms with Gasteiger partial charge in [-0.25, -0.2) is 0 Å². The first-order chi connectivity index (χ1) is 6.09. The molecular formula is C9H16O4. The number of hydrogen-bond acceptors (Lipinski definition) is 4. The Morgan fingerprint density at radius 3 is 2.38 bits per heavy atom. The number of ether oxygens (including phenoxy) is 3. The first-order valence-corrected chi connectivity index (χ1v) is 4.30. The summed E-state index contributed by atoms with van der Waals surface area (Å²) in [5, 5.41) is 0. The molecule has 0 aromatic rings. The van der Waals surface area contributed by atoms with Gasteiger partial charge in [0.1, 0.15) is 6.29 Å². The van der Waals surface area contributed by atoms with E-state index in [0.29, 0.717) is 0 Å². The van der Waals surface area contributed by atoms with E-state index in [1.165, 1.54) is 7.11 Å². The smallest absolute Gasteiger partial charge is 0.178 e. The maximum atomic E-state index is 10.8. The Morgan fingerprint density at radius 1 is 1.46 bits per heavy atom. The molecule has 4 atom stereocenters. The largest absolute Gasteiger partial charge is 0.355 e. The van der Waals surface area contributed by atoms with Crippen LogP contribution in [0.4, 0.5) is 0 Å². The zero-order valence-electron chi connectivity index (χ0n) is 8.44. The van der Waals surface area contributed by atoms with Gasteiger partial charge in [-0.05, 0) is 6.92 Å². The zero-order chi connectivity index (χ0) is 10.1. The van der Waals surface area contributed by atoms with Gasteiger partial charge in [-0.3, -0.25) is 0 Å². The molecule has 0 N–H and O–H groups in total. The predicted octanol–water partition coefficient (Wildman–Crippen LogP) is 0.803. The molecule has 13 heavy (non-hydrogen) atoms. The molecule has 4 heteroatoms. The summed E-state index contributed by atoms with van der Waals surface area (Å²) in [7, 11) is 3.09. The molecule has 0 radical (unpaired) electrons. The summed E-state index contributed by atoms with van der Waals surface area (Å²) in [5.41, 5.74) is 0. The molecule has 1 aliphatic heterocycles. The third-order valence-corrected chi connectivity index (χ3v) is 2.74. The SMILES string of the molecule is COC1OC(C)(OC)C(C=O)C1C. The predicted molar refractivity (Wildman–Crippen MR) is 46.0 cm³/mol. The number of methoxy groups -OCH3 is 2. The van der Waals surface area contributed by atoms with Gasteiger partial charge in [-0.1, -0.05) is 6.92 Å². The van der Waals surface area contributed by atoms with Crippen LogP contribution in [-0.2, 0) is 19.0 Å². The third-order valence-electron chi connectivity index (χ3n) is 2.74. The summed E-state index contributed by atoms with van der Waals surface area (Å²) >= 11 is 0. The molecule has 0 aromatic carbocycles. The minimum atomic E-state index is -0.845. The highest BCUT2D eigenvalue weighted by molar-refractivity contribution is 5.56. The fraction of sp³-hybridized carbons (Fsp3) is 0.889. The van der Waals surface area contributed by atoms with E-state index in [1.807, 2.05) is 6.92 Å². The standard InChI is InChI=1S/C9H16O4/c1-6-7(5-10)9(2,12-4)13-8(6)11-3/h5-8H,1-4H3. The lowest BCUT2D eigenvalue weighted by atomic mass is 9.91. The van der Waals surface area contributed by atoms with Crippen molar-refractivity contribution in [3.05, 3.63) is 0 Å². The maximum absolute atomic E-state index is 10.8. The van der Waals surface area contributed by atoms with E-state index in [2.05, 4.69) is 0 Å². The highest BCUT2D eigenvalue weighted by Crippen LogP contribution is 2.39. The van der Waals surface area contributed by atoms with E-state index in [1.54, 1.807) is 14.0 Å². The molecule has 0 amide bonds. The fourth-order valence-corrected chi connectivity index (χ4v) is 1.76. The average molecular weight is 188 g/mol. The van der Waals surface area contributed by atoms with Gasteiger partial charge in [-0.15, -0.1) is 0 Å². The van der Waals surface area contributed by atoms with Crippen molar-refractivity contribution in [1.82, 2.24) is 0 Å². The Labute approximate surface area is 78.2 Å². The summed E-state index contributed by atoms with van der Waals surface area (Å²) in [6.07, 6.45) is 0.507. The summed E-state index contributed by atoms with van der Waals surface area (Å²) in [5.74, 6) is -1.10. The van der Waals surface area contributed by atoms with Crippen LogP contribution in [0.5, 0.6) is 0 Å². The van der Waals surface area contributed by atoms with Gasteiger partial charge >= 0.3 is 0 Å². The molecule has 1 fully saturated rings. The summed E-state index contributed by atoms with van der Waals surface area (Å²) in [4.78, 5) is 10.8. The molecule has 0 bridgehead atoms. The third kappa shape index (κ3) is 1.61. The Kier molecular flexibility index (Phi) is 3.05. The fourth-order valence-electron chi connectivity index (χ4n) is 1.76. The number of aldehydes is 1. The summed E-state index contributed by atoms with van der Waals surface area (Å²) in [6, 6.07) is 0. The first-order valence-electron chi connectivity index (χ1n) is 4.30. The Balaban J connectivity index is 2.84. The Hall–Kier alpha value is -0.450. The second-order valence-corrected chi connectivity index (χ2v) is 3.46. The molecule has 0 spiro atoms. The second-order valence-electron chi connectivity index (χ2n) is 3.46. The van der Waals surface area contributed by atoms with Crippen molar-refractivity contribution >= 4 is 6.29 Å².